The quantitative estimate of drug-likeness (QED) is 0.637. The molecule has 0 saturated carbocycles. The van der Waals surface area contributed by atoms with Gasteiger partial charge in [0.25, 0.3) is 10.0 Å². The van der Waals surface area contributed by atoms with Gasteiger partial charge in [0.1, 0.15) is 11.6 Å². The Labute approximate surface area is 167 Å². The SMILES string of the molecule is Cc1cc(NS(=O)(=O)c2ccc(NC(=O)Cc3csc(C)n3)cc2)nc(C)n1. The van der Waals surface area contributed by atoms with Gasteiger partial charge in [-0.1, -0.05) is 0 Å². The number of thiazole rings is 1. The van der Waals surface area contributed by atoms with Crippen molar-refractivity contribution in [2.45, 2.75) is 32.1 Å². The number of anilines is 2. The zero-order valence-electron chi connectivity index (χ0n) is 15.6. The standard InChI is InChI=1S/C18H19N5O3S2/c1-11-8-17(20-12(2)19-11)23-28(25,26)16-6-4-14(5-7-16)22-18(24)9-15-10-27-13(3)21-15/h4-8,10H,9H2,1-3H3,(H,22,24)(H,19,20,23). The zero-order valence-corrected chi connectivity index (χ0v) is 17.2. The summed E-state index contributed by atoms with van der Waals surface area (Å²) in [7, 11) is -3.80. The molecule has 0 aliphatic rings. The Bertz CT molecular complexity index is 1090. The summed E-state index contributed by atoms with van der Waals surface area (Å²) >= 11 is 1.49. The van der Waals surface area contributed by atoms with E-state index in [0.717, 1.165) is 5.01 Å². The third-order valence-electron chi connectivity index (χ3n) is 3.66. The molecule has 0 saturated heterocycles. The minimum Gasteiger partial charge on any atom is -0.326 e. The molecule has 0 unspecified atom stereocenters. The van der Waals surface area contributed by atoms with Gasteiger partial charge in [-0.3, -0.25) is 9.52 Å². The van der Waals surface area contributed by atoms with E-state index in [4.69, 9.17) is 0 Å². The van der Waals surface area contributed by atoms with Crippen LogP contribution in [-0.2, 0) is 21.2 Å². The Morgan fingerprint density at radius 3 is 2.39 bits per heavy atom. The second-order valence-corrected chi connectivity index (χ2v) is 8.90. The van der Waals surface area contributed by atoms with E-state index in [9.17, 15) is 13.2 Å². The summed E-state index contributed by atoms with van der Waals surface area (Å²) in [5.74, 6) is 0.470. The molecule has 3 aromatic rings. The number of carbonyl (C=O) groups is 1. The van der Waals surface area contributed by atoms with Crippen molar-refractivity contribution in [3.05, 3.63) is 57.9 Å². The fraction of sp³-hybridized carbons (Fsp3) is 0.222. The van der Waals surface area contributed by atoms with Crippen molar-refractivity contribution < 1.29 is 13.2 Å². The summed E-state index contributed by atoms with van der Waals surface area (Å²) < 4.78 is 27.5. The molecule has 0 atom stereocenters. The van der Waals surface area contributed by atoms with E-state index in [1.54, 1.807) is 19.9 Å². The second kappa shape index (κ2) is 8.03. The van der Waals surface area contributed by atoms with Crippen LogP contribution < -0.4 is 10.0 Å². The van der Waals surface area contributed by atoms with Crippen LogP contribution in [0.4, 0.5) is 11.5 Å². The Balaban J connectivity index is 1.67. The molecule has 0 spiro atoms. The van der Waals surface area contributed by atoms with Crippen molar-refractivity contribution >= 4 is 38.8 Å². The molecule has 8 nitrogen and oxygen atoms in total. The molecule has 146 valence electrons. The molecule has 2 heterocycles. The maximum atomic E-state index is 12.5. The van der Waals surface area contributed by atoms with Gasteiger partial charge in [0, 0.05) is 22.8 Å². The number of aryl methyl sites for hydroxylation is 3. The normalized spacial score (nSPS) is 11.2. The Hall–Kier alpha value is -2.85. The third-order valence-corrected chi connectivity index (χ3v) is 5.85. The lowest BCUT2D eigenvalue weighted by Gasteiger charge is -2.09. The summed E-state index contributed by atoms with van der Waals surface area (Å²) in [5.41, 5.74) is 1.88. The smallest absolute Gasteiger partial charge is 0.263 e. The minimum absolute atomic E-state index is 0.0644. The van der Waals surface area contributed by atoms with Gasteiger partial charge in [0.2, 0.25) is 5.91 Å². The van der Waals surface area contributed by atoms with E-state index < -0.39 is 10.0 Å². The van der Waals surface area contributed by atoms with Gasteiger partial charge in [-0.05, 0) is 45.0 Å². The van der Waals surface area contributed by atoms with Gasteiger partial charge in [0.15, 0.2) is 0 Å². The van der Waals surface area contributed by atoms with E-state index in [0.29, 0.717) is 22.9 Å². The number of hydrogen-bond donors (Lipinski definition) is 2. The highest BCUT2D eigenvalue weighted by atomic mass is 32.2. The molecule has 2 aromatic heterocycles. The summed E-state index contributed by atoms with van der Waals surface area (Å²) in [6.07, 6.45) is 0.165. The van der Waals surface area contributed by atoms with Crippen LogP contribution in [0.5, 0.6) is 0 Å². The van der Waals surface area contributed by atoms with E-state index in [1.165, 1.54) is 35.6 Å². The molecule has 3 rings (SSSR count). The number of benzene rings is 1. The summed E-state index contributed by atoms with van der Waals surface area (Å²) in [6, 6.07) is 7.47. The molecule has 10 heteroatoms. The van der Waals surface area contributed by atoms with Gasteiger partial charge in [-0.15, -0.1) is 11.3 Å². The first-order valence-electron chi connectivity index (χ1n) is 8.37. The van der Waals surface area contributed by atoms with Crippen LogP contribution in [0.3, 0.4) is 0 Å². The van der Waals surface area contributed by atoms with E-state index in [1.807, 2.05) is 12.3 Å². The van der Waals surface area contributed by atoms with Crippen LogP contribution in [0.2, 0.25) is 0 Å². The van der Waals surface area contributed by atoms with Crippen LogP contribution in [0.1, 0.15) is 22.2 Å². The lowest BCUT2D eigenvalue weighted by molar-refractivity contribution is -0.115. The maximum Gasteiger partial charge on any atom is 0.263 e. The van der Waals surface area contributed by atoms with Crippen molar-refractivity contribution in [2.75, 3.05) is 10.0 Å². The molecule has 0 aliphatic heterocycles. The number of carbonyl (C=O) groups excluding carboxylic acids is 1. The number of hydrogen-bond acceptors (Lipinski definition) is 7. The third kappa shape index (κ3) is 5.11. The summed E-state index contributed by atoms with van der Waals surface area (Å²) in [4.78, 5) is 24.6. The average Bonchev–Trinajstić information content (AvgIpc) is 2.98. The van der Waals surface area contributed by atoms with Crippen molar-refractivity contribution in [2.24, 2.45) is 0 Å². The highest BCUT2D eigenvalue weighted by molar-refractivity contribution is 7.92. The average molecular weight is 418 g/mol. The molecular formula is C18H19N5O3S2. The Morgan fingerprint density at radius 1 is 1.07 bits per heavy atom. The van der Waals surface area contributed by atoms with Crippen LogP contribution in [0.25, 0.3) is 0 Å². The van der Waals surface area contributed by atoms with Crippen molar-refractivity contribution in [3.63, 3.8) is 0 Å². The first-order chi connectivity index (χ1) is 13.2. The topological polar surface area (TPSA) is 114 Å². The Kier molecular flexibility index (Phi) is 5.71. The molecule has 0 fully saturated rings. The molecule has 0 bridgehead atoms. The number of sulfonamides is 1. The highest BCUT2D eigenvalue weighted by Gasteiger charge is 2.16. The largest absolute Gasteiger partial charge is 0.326 e. The number of aromatic nitrogens is 3. The Morgan fingerprint density at radius 2 is 1.79 bits per heavy atom. The van der Waals surface area contributed by atoms with Gasteiger partial charge in [-0.25, -0.2) is 23.4 Å². The molecule has 28 heavy (non-hydrogen) atoms. The summed E-state index contributed by atoms with van der Waals surface area (Å²) in [6.45, 7) is 5.33. The second-order valence-electron chi connectivity index (χ2n) is 6.15. The van der Waals surface area contributed by atoms with Crippen molar-refractivity contribution in [1.82, 2.24) is 15.0 Å². The van der Waals surface area contributed by atoms with Crippen LogP contribution >= 0.6 is 11.3 Å². The minimum atomic E-state index is -3.80. The van der Waals surface area contributed by atoms with Crippen molar-refractivity contribution in [3.8, 4) is 0 Å². The zero-order chi connectivity index (χ0) is 20.3. The fourth-order valence-electron chi connectivity index (χ4n) is 2.54. The molecule has 0 aliphatic carbocycles. The first kappa shape index (κ1) is 19.9. The molecule has 0 radical (unpaired) electrons. The number of amides is 1. The summed E-state index contributed by atoms with van der Waals surface area (Å²) in [5, 5.41) is 5.47. The lowest BCUT2D eigenvalue weighted by Crippen LogP contribution is -2.16. The maximum absolute atomic E-state index is 12.5. The number of rotatable bonds is 6. The first-order valence-corrected chi connectivity index (χ1v) is 10.7. The van der Waals surface area contributed by atoms with E-state index in [-0.39, 0.29) is 23.0 Å². The van der Waals surface area contributed by atoms with Gasteiger partial charge < -0.3 is 5.32 Å². The molecule has 1 amide bonds. The van der Waals surface area contributed by atoms with Crippen LogP contribution in [-0.4, -0.2) is 29.3 Å². The lowest BCUT2D eigenvalue weighted by atomic mass is 10.3. The molecule has 2 N–H and O–H groups in total. The van der Waals surface area contributed by atoms with Gasteiger partial charge in [-0.2, -0.15) is 0 Å². The van der Waals surface area contributed by atoms with Crippen molar-refractivity contribution in [1.29, 1.82) is 0 Å². The molecule has 1 aromatic carbocycles. The van der Waals surface area contributed by atoms with Gasteiger partial charge in [0.05, 0.1) is 22.0 Å². The fourth-order valence-corrected chi connectivity index (χ4v) is 4.15. The highest BCUT2D eigenvalue weighted by Crippen LogP contribution is 2.18. The number of nitrogens with zero attached hydrogens (tertiary/aromatic N) is 3. The van der Waals surface area contributed by atoms with E-state index >= 15 is 0 Å². The predicted molar refractivity (Wildman–Crippen MR) is 108 cm³/mol. The van der Waals surface area contributed by atoms with Gasteiger partial charge >= 0.3 is 0 Å². The van der Waals surface area contributed by atoms with Crippen LogP contribution in [0, 0.1) is 20.8 Å². The number of nitrogens with one attached hydrogen (secondary N) is 2. The van der Waals surface area contributed by atoms with E-state index in [2.05, 4.69) is 25.0 Å². The molecular weight excluding hydrogens is 398 g/mol. The monoisotopic (exact) mass is 417 g/mol. The predicted octanol–water partition coefficient (Wildman–Crippen LogP) is 2.84. The van der Waals surface area contributed by atoms with Crippen LogP contribution in [0.15, 0.2) is 40.6 Å².